The molecule has 1 aliphatic heterocycles. The van der Waals surface area contributed by atoms with Crippen molar-refractivity contribution < 1.29 is 9.18 Å². The highest BCUT2D eigenvalue weighted by Gasteiger charge is 2.29. The quantitative estimate of drug-likeness (QED) is 0.568. The summed E-state index contributed by atoms with van der Waals surface area (Å²) in [6, 6.07) is 14.7. The number of hydrogen-bond acceptors (Lipinski definition) is 3. The Labute approximate surface area is 188 Å². The van der Waals surface area contributed by atoms with Crippen LogP contribution in [-0.4, -0.2) is 28.5 Å². The molecule has 32 heavy (non-hydrogen) atoms. The third-order valence-corrected chi connectivity index (χ3v) is 7.08. The maximum atomic E-state index is 13.9. The molecule has 1 N–H and O–H groups in total. The van der Waals surface area contributed by atoms with Gasteiger partial charge in [0.1, 0.15) is 5.82 Å². The summed E-state index contributed by atoms with van der Waals surface area (Å²) in [4.78, 5) is 20.0. The van der Waals surface area contributed by atoms with Gasteiger partial charge in [0.05, 0.1) is 16.7 Å². The second-order valence-corrected chi connectivity index (χ2v) is 9.25. The number of anilines is 2. The summed E-state index contributed by atoms with van der Waals surface area (Å²) in [6.45, 7) is 2.58. The molecular formula is C26H31FN4O. The molecule has 0 atom stereocenters. The molecule has 1 aliphatic carbocycles. The number of amides is 1. The molecule has 5 nitrogen and oxygen atoms in total. The molecule has 1 saturated carbocycles. The van der Waals surface area contributed by atoms with Crippen LogP contribution in [0.5, 0.6) is 0 Å². The number of fused-ring (bicyclic) bond motifs is 1. The van der Waals surface area contributed by atoms with E-state index in [1.165, 1.54) is 43.7 Å². The van der Waals surface area contributed by atoms with Gasteiger partial charge in [-0.05, 0) is 55.9 Å². The number of imidazole rings is 1. The molecule has 2 fully saturated rings. The fraction of sp³-hybridized carbons (Fsp3) is 0.462. The van der Waals surface area contributed by atoms with Crippen LogP contribution in [0.1, 0.15) is 44.9 Å². The number of benzene rings is 2. The maximum Gasteiger partial charge on any atom is 0.227 e. The van der Waals surface area contributed by atoms with Crippen LogP contribution in [0.25, 0.3) is 11.0 Å². The zero-order valence-corrected chi connectivity index (χ0v) is 18.5. The van der Waals surface area contributed by atoms with Crippen LogP contribution in [0, 0.1) is 17.7 Å². The van der Waals surface area contributed by atoms with Crippen LogP contribution >= 0.6 is 0 Å². The van der Waals surface area contributed by atoms with Gasteiger partial charge in [0.25, 0.3) is 0 Å². The van der Waals surface area contributed by atoms with Crippen molar-refractivity contribution in [3.63, 3.8) is 0 Å². The molecule has 0 bridgehead atoms. The predicted molar refractivity (Wildman–Crippen MR) is 126 cm³/mol. The van der Waals surface area contributed by atoms with E-state index in [9.17, 15) is 9.18 Å². The lowest BCUT2D eigenvalue weighted by molar-refractivity contribution is -0.120. The van der Waals surface area contributed by atoms with Gasteiger partial charge >= 0.3 is 0 Å². The monoisotopic (exact) mass is 434 g/mol. The van der Waals surface area contributed by atoms with Gasteiger partial charge in [-0.25, -0.2) is 9.37 Å². The lowest BCUT2D eigenvalue weighted by Crippen LogP contribution is -2.39. The van der Waals surface area contributed by atoms with E-state index in [2.05, 4.69) is 33.0 Å². The molecule has 2 aromatic carbocycles. The summed E-state index contributed by atoms with van der Waals surface area (Å²) >= 11 is 0. The van der Waals surface area contributed by atoms with Crippen molar-refractivity contribution in [3.8, 4) is 0 Å². The molecular weight excluding hydrogens is 403 g/mol. The Morgan fingerprint density at radius 1 is 0.969 bits per heavy atom. The number of hydrogen-bond donors (Lipinski definition) is 1. The van der Waals surface area contributed by atoms with Gasteiger partial charge in [0.15, 0.2) is 0 Å². The molecule has 1 aromatic heterocycles. The van der Waals surface area contributed by atoms with Crippen LogP contribution in [0.2, 0.25) is 0 Å². The van der Waals surface area contributed by atoms with Crippen LogP contribution in [0.3, 0.4) is 0 Å². The number of para-hydroxylation sites is 3. The molecule has 5 rings (SSSR count). The number of nitrogens with one attached hydrogen (secondary N) is 1. The molecule has 2 heterocycles. The third kappa shape index (κ3) is 4.36. The summed E-state index contributed by atoms with van der Waals surface area (Å²) in [5.74, 6) is 1.15. The van der Waals surface area contributed by atoms with E-state index < -0.39 is 5.82 Å². The third-order valence-electron chi connectivity index (χ3n) is 7.08. The molecule has 0 unspecified atom stereocenters. The SMILES string of the molecule is O=C(Nc1ccccc1F)C1CCN(c2nc3ccccc3n2CC2CCCCC2)CC1. The molecule has 1 amide bonds. The number of halogens is 1. The molecule has 2 aliphatic rings. The summed E-state index contributed by atoms with van der Waals surface area (Å²) in [5, 5.41) is 2.77. The minimum Gasteiger partial charge on any atom is -0.342 e. The Kier molecular flexibility index (Phi) is 6.10. The van der Waals surface area contributed by atoms with Gasteiger partial charge in [0, 0.05) is 25.6 Å². The van der Waals surface area contributed by atoms with Gasteiger partial charge in [-0.1, -0.05) is 43.5 Å². The first-order valence-electron chi connectivity index (χ1n) is 11.9. The normalized spacial score (nSPS) is 18.2. The first kappa shape index (κ1) is 21.0. The Bertz CT molecular complexity index is 1080. The number of aromatic nitrogens is 2. The molecule has 6 heteroatoms. The Hall–Kier alpha value is -2.89. The highest BCUT2D eigenvalue weighted by atomic mass is 19.1. The van der Waals surface area contributed by atoms with Crippen molar-refractivity contribution in [2.75, 3.05) is 23.3 Å². The number of rotatable bonds is 5. The topological polar surface area (TPSA) is 50.2 Å². The van der Waals surface area contributed by atoms with E-state index in [4.69, 9.17) is 4.98 Å². The van der Waals surface area contributed by atoms with Crippen molar-refractivity contribution in [2.24, 2.45) is 11.8 Å². The lowest BCUT2D eigenvalue weighted by atomic mass is 9.89. The van der Waals surface area contributed by atoms with E-state index >= 15 is 0 Å². The molecule has 3 aromatic rings. The summed E-state index contributed by atoms with van der Waals surface area (Å²) in [6.07, 6.45) is 8.09. The van der Waals surface area contributed by atoms with Gasteiger partial charge in [-0.3, -0.25) is 4.79 Å². The number of nitrogens with zero attached hydrogens (tertiary/aromatic N) is 3. The number of carbonyl (C=O) groups excluding carboxylic acids is 1. The first-order chi connectivity index (χ1) is 15.7. The zero-order valence-electron chi connectivity index (χ0n) is 18.5. The highest BCUT2D eigenvalue weighted by Crippen LogP contribution is 2.32. The van der Waals surface area contributed by atoms with Crippen LogP contribution in [0.4, 0.5) is 16.0 Å². The summed E-state index contributed by atoms with van der Waals surface area (Å²) < 4.78 is 16.3. The molecule has 168 valence electrons. The zero-order chi connectivity index (χ0) is 21.9. The van der Waals surface area contributed by atoms with Crippen molar-refractivity contribution in [2.45, 2.75) is 51.5 Å². The largest absolute Gasteiger partial charge is 0.342 e. The van der Waals surface area contributed by atoms with E-state index in [-0.39, 0.29) is 17.5 Å². The van der Waals surface area contributed by atoms with Crippen molar-refractivity contribution in [1.82, 2.24) is 9.55 Å². The predicted octanol–water partition coefficient (Wildman–Crippen LogP) is 5.61. The number of carbonyl (C=O) groups is 1. The highest BCUT2D eigenvalue weighted by molar-refractivity contribution is 5.92. The van der Waals surface area contributed by atoms with E-state index in [1.54, 1.807) is 18.2 Å². The fourth-order valence-electron chi connectivity index (χ4n) is 5.25. The Morgan fingerprint density at radius 2 is 1.69 bits per heavy atom. The molecule has 0 spiro atoms. The smallest absolute Gasteiger partial charge is 0.227 e. The van der Waals surface area contributed by atoms with Crippen LogP contribution in [0.15, 0.2) is 48.5 Å². The van der Waals surface area contributed by atoms with Crippen molar-refractivity contribution >= 4 is 28.6 Å². The van der Waals surface area contributed by atoms with Crippen LogP contribution in [-0.2, 0) is 11.3 Å². The van der Waals surface area contributed by atoms with Gasteiger partial charge in [0.2, 0.25) is 11.9 Å². The van der Waals surface area contributed by atoms with Crippen molar-refractivity contribution in [3.05, 3.63) is 54.3 Å². The maximum absolute atomic E-state index is 13.9. The number of piperidine rings is 1. The van der Waals surface area contributed by atoms with E-state index in [0.717, 1.165) is 43.9 Å². The second-order valence-electron chi connectivity index (χ2n) is 9.25. The van der Waals surface area contributed by atoms with Gasteiger partial charge < -0.3 is 14.8 Å². The first-order valence-corrected chi connectivity index (χ1v) is 11.9. The lowest BCUT2D eigenvalue weighted by Gasteiger charge is -2.33. The molecule has 1 saturated heterocycles. The Morgan fingerprint density at radius 3 is 2.47 bits per heavy atom. The van der Waals surface area contributed by atoms with Gasteiger partial charge in [-0.15, -0.1) is 0 Å². The van der Waals surface area contributed by atoms with E-state index in [1.807, 2.05) is 6.07 Å². The van der Waals surface area contributed by atoms with Gasteiger partial charge in [-0.2, -0.15) is 0 Å². The average molecular weight is 435 g/mol. The fourth-order valence-corrected chi connectivity index (χ4v) is 5.25. The summed E-state index contributed by atoms with van der Waals surface area (Å²) in [7, 11) is 0. The minimum atomic E-state index is -0.394. The van der Waals surface area contributed by atoms with E-state index in [0.29, 0.717) is 5.92 Å². The Balaban J connectivity index is 1.30. The van der Waals surface area contributed by atoms with Crippen LogP contribution < -0.4 is 10.2 Å². The molecule has 0 radical (unpaired) electrons. The second kappa shape index (κ2) is 9.31. The minimum absolute atomic E-state index is 0.0922. The van der Waals surface area contributed by atoms with Crippen molar-refractivity contribution in [1.29, 1.82) is 0 Å². The summed E-state index contributed by atoms with van der Waals surface area (Å²) in [5.41, 5.74) is 2.50. The standard InChI is InChI=1S/C26H31FN4O/c27-21-10-4-5-11-22(21)28-25(32)20-14-16-30(17-15-20)26-29-23-12-6-7-13-24(23)31(26)18-19-8-2-1-3-9-19/h4-7,10-13,19-20H,1-3,8-9,14-18H2,(H,28,32). The average Bonchev–Trinajstić information content (AvgIpc) is 3.20.